The molecule has 1 saturated carbocycles. The third-order valence-electron chi connectivity index (χ3n) is 3.86. The van der Waals surface area contributed by atoms with Gasteiger partial charge in [-0.25, -0.2) is 0 Å². The van der Waals surface area contributed by atoms with E-state index in [9.17, 15) is 10.2 Å². The van der Waals surface area contributed by atoms with Gasteiger partial charge in [-0.05, 0) is 25.0 Å². The Morgan fingerprint density at radius 3 is 2.63 bits per heavy atom. The van der Waals surface area contributed by atoms with Gasteiger partial charge < -0.3 is 20.3 Å². The lowest BCUT2D eigenvalue weighted by molar-refractivity contribution is 0.162. The predicted octanol–water partition coefficient (Wildman–Crippen LogP) is 2.56. The number of aliphatic hydroxyl groups is 1. The number of nitrogens with one attached hydrogen (secondary N) is 1. The quantitative estimate of drug-likeness (QED) is 0.777. The van der Waals surface area contributed by atoms with Crippen molar-refractivity contribution in [3.63, 3.8) is 0 Å². The molecule has 0 saturated heterocycles. The number of hydrogen-bond acceptors (Lipinski definition) is 4. The zero-order chi connectivity index (χ0) is 13.9. The maximum absolute atomic E-state index is 10.1. The number of rotatable bonds is 5. The summed E-state index contributed by atoms with van der Waals surface area (Å²) in [5.74, 6) is 0.611. The smallest absolute Gasteiger partial charge is 0.162 e. The van der Waals surface area contributed by atoms with Crippen molar-refractivity contribution in [2.24, 2.45) is 0 Å². The molecule has 0 radical (unpaired) electrons. The van der Waals surface area contributed by atoms with Crippen LogP contribution in [0.15, 0.2) is 16.6 Å². The molecule has 1 aromatic rings. The largest absolute Gasteiger partial charge is 0.504 e. The minimum Gasteiger partial charge on any atom is -0.504 e. The van der Waals surface area contributed by atoms with Gasteiger partial charge in [-0.2, -0.15) is 0 Å². The first-order chi connectivity index (χ1) is 9.10. The lowest BCUT2D eigenvalue weighted by Crippen LogP contribution is -2.45. The number of aliphatic hydroxyl groups excluding tert-OH is 1. The van der Waals surface area contributed by atoms with Crippen LogP contribution in [0.3, 0.4) is 0 Å². The number of aromatic hydroxyl groups is 1. The molecule has 0 heterocycles. The molecular formula is C14H20BrNO3. The molecule has 0 atom stereocenters. The van der Waals surface area contributed by atoms with Crippen molar-refractivity contribution in [2.75, 3.05) is 13.7 Å². The summed E-state index contributed by atoms with van der Waals surface area (Å²) in [5, 5.41) is 23.0. The van der Waals surface area contributed by atoms with Gasteiger partial charge in [-0.3, -0.25) is 0 Å². The molecule has 3 N–H and O–H groups in total. The first kappa shape index (κ1) is 14.6. The summed E-state index contributed by atoms with van der Waals surface area (Å²) in [6, 6.07) is 3.60. The molecule has 0 aliphatic heterocycles. The zero-order valence-corrected chi connectivity index (χ0v) is 12.7. The lowest BCUT2D eigenvalue weighted by Gasteiger charge is -2.28. The molecule has 0 amide bonds. The number of phenols is 1. The van der Waals surface area contributed by atoms with Crippen molar-refractivity contribution in [3.8, 4) is 11.5 Å². The Hall–Kier alpha value is -0.780. The fraction of sp³-hybridized carbons (Fsp3) is 0.571. The molecule has 0 aromatic heterocycles. The molecule has 5 heteroatoms. The number of halogens is 1. The number of phenolic OH excluding ortho intramolecular Hbond substituents is 1. The van der Waals surface area contributed by atoms with Crippen LogP contribution in [0.4, 0.5) is 0 Å². The third kappa shape index (κ3) is 3.22. The Kier molecular flexibility index (Phi) is 4.71. The Morgan fingerprint density at radius 1 is 1.37 bits per heavy atom. The summed E-state index contributed by atoms with van der Waals surface area (Å²) in [6.07, 6.45) is 4.24. The van der Waals surface area contributed by atoms with Gasteiger partial charge in [0.25, 0.3) is 0 Å². The Labute approximate surface area is 121 Å². The van der Waals surface area contributed by atoms with Crippen LogP contribution in [0.5, 0.6) is 11.5 Å². The number of ether oxygens (including phenoxy) is 1. The van der Waals surface area contributed by atoms with E-state index in [1.807, 2.05) is 6.07 Å². The summed E-state index contributed by atoms with van der Waals surface area (Å²) in [7, 11) is 1.53. The SMILES string of the molecule is COc1cc(Br)cc(CNC2(CO)CCCC2)c1O. The highest BCUT2D eigenvalue weighted by Gasteiger charge is 2.32. The molecule has 2 rings (SSSR count). The number of methoxy groups -OCH3 is 1. The maximum Gasteiger partial charge on any atom is 0.162 e. The third-order valence-corrected chi connectivity index (χ3v) is 4.31. The molecule has 0 spiro atoms. The second-order valence-electron chi connectivity index (χ2n) is 5.11. The van der Waals surface area contributed by atoms with E-state index in [4.69, 9.17) is 4.74 Å². The van der Waals surface area contributed by atoms with Gasteiger partial charge in [0.1, 0.15) is 0 Å². The average Bonchev–Trinajstić information content (AvgIpc) is 2.89. The van der Waals surface area contributed by atoms with Crippen LogP contribution >= 0.6 is 15.9 Å². The van der Waals surface area contributed by atoms with E-state index in [0.29, 0.717) is 12.3 Å². The van der Waals surface area contributed by atoms with E-state index >= 15 is 0 Å². The van der Waals surface area contributed by atoms with E-state index in [1.165, 1.54) is 7.11 Å². The topological polar surface area (TPSA) is 61.7 Å². The molecule has 4 nitrogen and oxygen atoms in total. The van der Waals surface area contributed by atoms with Gasteiger partial charge in [0.2, 0.25) is 0 Å². The average molecular weight is 330 g/mol. The fourth-order valence-corrected chi connectivity index (χ4v) is 3.13. The zero-order valence-electron chi connectivity index (χ0n) is 11.1. The number of hydrogen-bond donors (Lipinski definition) is 3. The van der Waals surface area contributed by atoms with Gasteiger partial charge in [0, 0.05) is 22.1 Å². The monoisotopic (exact) mass is 329 g/mol. The van der Waals surface area contributed by atoms with Gasteiger partial charge in [0.05, 0.1) is 13.7 Å². The molecular weight excluding hydrogens is 310 g/mol. The molecule has 19 heavy (non-hydrogen) atoms. The minimum absolute atomic E-state index is 0.138. The van der Waals surface area contributed by atoms with Gasteiger partial charge >= 0.3 is 0 Å². The molecule has 1 aliphatic rings. The summed E-state index contributed by atoms with van der Waals surface area (Å²) < 4.78 is 6.00. The van der Waals surface area contributed by atoms with Crippen molar-refractivity contribution >= 4 is 15.9 Å². The Morgan fingerprint density at radius 2 is 2.05 bits per heavy atom. The minimum atomic E-state index is -0.192. The standard InChI is InChI=1S/C14H20BrNO3/c1-19-12-7-11(15)6-10(13(12)18)8-16-14(9-17)4-2-3-5-14/h6-7,16-18H,2-5,8-9H2,1H3. The van der Waals surface area contributed by atoms with E-state index in [1.54, 1.807) is 6.07 Å². The van der Waals surface area contributed by atoms with Gasteiger partial charge in [-0.15, -0.1) is 0 Å². The number of benzene rings is 1. The second kappa shape index (κ2) is 6.11. The molecule has 0 unspecified atom stereocenters. The molecule has 0 bridgehead atoms. The fourth-order valence-electron chi connectivity index (χ4n) is 2.64. The van der Waals surface area contributed by atoms with E-state index in [-0.39, 0.29) is 17.9 Å². The Balaban J connectivity index is 2.13. The van der Waals surface area contributed by atoms with E-state index < -0.39 is 0 Å². The highest BCUT2D eigenvalue weighted by molar-refractivity contribution is 9.10. The summed E-state index contributed by atoms with van der Waals surface area (Å²) in [5.41, 5.74) is 0.577. The molecule has 1 aromatic carbocycles. The van der Waals surface area contributed by atoms with Crippen LogP contribution in [0, 0.1) is 0 Å². The molecule has 106 valence electrons. The summed E-state index contributed by atoms with van der Waals surface area (Å²) in [4.78, 5) is 0. The van der Waals surface area contributed by atoms with Crippen LogP contribution in [0.2, 0.25) is 0 Å². The first-order valence-electron chi connectivity index (χ1n) is 6.51. The van der Waals surface area contributed by atoms with Crippen LogP contribution in [0.25, 0.3) is 0 Å². The summed E-state index contributed by atoms with van der Waals surface area (Å²) in [6.45, 7) is 0.654. The second-order valence-corrected chi connectivity index (χ2v) is 6.03. The van der Waals surface area contributed by atoms with Crippen LogP contribution in [-0.4, -0.2) is 29.5 Å². The maximum atomic E-state index is 10.1. The van der Waals surface area contributed by atoms with E-state index in [0.717, 1.165) is 35.7 Å². The van der Waals surface area contributed by atoms with E-state index in [2.05, 4.69) is 21.2 Å². The van der Waals surface area contributed by atoms with Crippen LogP contribution < -0.4 is 10.1 Å². The van der Waals surface area contributed by atoms with Crippen LogP contribution in [0.1, 0.15) is 31.2 Å². The van der Waals surface area contributed by atoms with Crippen molar-refractivity contribution in [1.82, 2.24) is 5.32 Å². The first-order valence-corrected chi connectivity index (χ1v) is 7.31. The Bertz CT molecular complexity index is 445. The highest BCUT2D eigenvalue weighted by atomic mass is 79.9. The lowest BCUT2D eigenvalue weighted by atomic mass is 9.98. The van der Waals surface area contributed by atoms with Crippen molar-refractivity contribution in [3.05, 3.63) is 22.2 Å². The van der Waals surface area contributed by atoms with Gasteiger partial charge in [-0.1, -0.05) is 28.8 Å². The molecule has 1 aliphatic carbocycles. The van der Waals surface area contributed by atoms with Gasteiger partial charge in [0.15, 0.2) is 11.5 Å². The van der Waals surface area contributed by atoms with Crippen molar-refractivity contribution in [1.29, 1.82) is 0 Å². The van der Waals surface area contributed by atoms with Crippen molar-refractivity contribution < 1.29 is 14.9 Å². The van der Waals surface area contributed by atoms with Crippen molar-refractivity contribution in [2.45, 2.75) is 37.8 Å². The highest BCUT2D eigenvalue weighted by Crippen LogP contribution is 2.35. The normalized spacial score (nSPS) is 17.6. The van der Waals surface area contributed by atoms with Crippen LogP contribution in [-0.2, 0) is 6.54 Å². The summed E-state index contributed by atoms with van der Waals surface area (Å²) >= 11 is 3.40. The predicted molar refractivity (Wildman–Crippen MR) is 77.5 cm³/mol. The molecule has 1 fully saturated rings.